The second-order valence-electron chi connectivity index (χ2n) is 7.77. The van der Waals surface area contributed by atoms with Gasteiger partial charge in [0.2, 0.25) is 5.91 Å². The molecular weight excluding hydrogens is 412 g/mol. The number of hydrogen-bond acceptors (Lipinski definition) is 3. The van der Waals surface area contributed by atoms with Crippen molar-refractivity contribution in [2.75, 3.05) is 13.2 Å². The highest BCUT2D eigenvalue weighted by atomic mass is 35.5. The average molecular weight is 445 g/mol. The minimum Gasteiger partial charge on any atom is -0.483 e. The molecule has 2 rings (SSSR count). The van der Waals surface area contributed by atoms with E-state index in [1.165, 1.54) is 0 Å². The summed E-state index contributed by atoms with van der Waals surface area (Å²) in [6.07, 6.45) is 2.41. The molecule has 5 nitrogen and oxygen atoms in total. The highest BCUT2D eigenvalue weighted by molar-refractivity contribution is 6.30. The largest absolute Gasteiger partial charge is 0.483 e. The first-order valence-electron chi connectivity index (χ1n) is 10.9. The topological polar surface area (TPSA) is 58.6 Å². The third kappa shape index (κ3) is 7.59. The fraction of sp³-hybridized carbons (Fsp3) is 0.440. The third-order valence-corrected chi connectivity index (χ3v) is 5.43. The van der Waals surface area contributed by atoms with Crippen LogP contribution in [0.15, 0.2) is 42.5 Å². The fourth-order valence-corrected chi connectivity index (χ4v) is 3.42. The zero-order valence-electron chi connectivity index (χ0n) is 18.9. The molecular formula is C25H33ClN2O3. The highest BCUT2D eigenvalue weighted by Gasteiger charge is 2.28. The smallest absolute Gasteiger partial charge is 0.261 e. The van der Waals surface area contributed by atoms with Crippen LogP contribution in [-0.2, 0) is 16.1 Å². The maximum atomic E-state index is 13.2. The molecule has 0 unspecified atom stereocenters. The van der Waals surface area contributed by atoms with Crippen molar-refractivity contribution in [3.8, 4) is 5.75 Å². The molecule has 0 aliphatic rings. The van der Waals surface area contributed by atoms with Crippen LogP contribution >= 0.6 is 11.6 Å². The van der Waals surface area contributed by atoms with Crippen LogP contribution in [0.4, 0.5) is 0 Å². The van der Waals surface area contributed by atoms with Crippen molar-refractivity contribution < 1.29 is 14.3 Å². The minimum atomic E-state index is -0.567. The lowest BCUT2D eigenvalue weighted by Gasteiger charge is -2.30. The van der Waals surface area contributed by atoms with Crippen molar-refractivity contribution in [3.63, 3.8) is 0 Å². The number of ether oxygens (including phenoxy) is 1. The average Bonchev–Trinajstić information content (AvgIpc) is 2.75. The van der Waals surface area contributed by atoms with Gasteiger partial charge >= 0.3 is 0 Å². The molecule has 168 valence electrons. The maximum absolute atomic E-state index is 13.2. The molecule has 0 heterocycles. The Hall–Kier alpha value is -2.53. The van der Waals surface area contributed by atoms with Crippen molar-refractivity contribution in [1.82, 2.24) is 10.2 Å². The molecule has 2 aromatic carbocycles. The van der Waals surface area contributed by atoms with Crippen LogP contribution in [0.3, 0.4) is 0 Å². The van der Waals surface area contributed by atoms with E-state index in [-0.39, 0.29) is 18.4 Å². The monoisotopic (exact) mass is 444 g/mol. The summed E-state index contributed by atoms with van der Waals surface area (Å²) >= 11 is 6.00. The molecule has 0 aliphatic carbocycles. The summed E-state index contributed by atoms with van der Waals surface area (Å²) in [6.45, 7) is 8.70. The van der Waals surface area contributed by atoms with E-state index in [9.17, 15) is 9.59 Å². The van der Waals surface area contributed by atoms with E-state index in [2.05, 4.69) is 12.2 Å². The van der Waals surface area contributed by atoms with Gasteiger partial charge in [-0.05, 0) is 61.6 Å². The third-order valence-electron chi connectivity index (χ3n) is 5.18. The molecule has 31 heavy (non-hydrogen) atoms. The molecule has 0 fully saturated rings. The van der Waals surface area contributed by atoms with Crippen LogP contribution in [0.2, 0.25) is 5.02 Å². The van der Waals surface area contributed by atoms with Crippen molar-refractivity contribution >= 4 is 23.4 Å². The molecule has 0 aliphatic heterocycles. The van der Waals surface area contributed by atoms with Gasteiger partial charge in [-0.25, -0.2) is 0 Å². The van der Waals surface area contributed by atoms with Gasteiger partial charge < -0.3 is 15.0 Å². The SMILES string of the molecule is CCCCNC(=O)[C@@H](CC)N(Cc1ccc(Cl)cc1)C(=O)COc1cc(C)ccc1C. The van der Waals surface area contributed by atoms with Gasteiger partial charge in [-0.3, -0.25) is 9.59 Å². The zero-order chi connectivity index (χ0) is 22.8. The molecule has 6 heteroatoms. The number of hydrogen-bond donors (Lipinski definition) is 1. The normalized spacial score (nSPS) is 11.6. The predicted octanol–water partition coefficient (Wildman–Crippen LogP) is 5.06. The van der Waals surface area contributed by atoms with Crippen molar-refractivity contribution in [1.29, 1.82) is 0 Å². The molecule has 1 N–H and O–H groups in total. The predicted molar refractivity (Wildman–Crippen MR) is 125 cm³/mol. The molecule has 1 atom stereocenters. The lowest BCUT2D eigenvalue weighted by atomic mass is 10.1. The van der Waals surface area contributed by atoms with Crippen LogP contribution in [-0.4, -0.2) is 35.9 Å². The number of benzene rings is 2. The Morgan fingerprint density at radius 3 is 2.45 bits per heavy atom. The minimum absolute atomic E-state index is 0.128. The Kier molecular flexibility index (Phi) is 9.86. The van der Waals surface area contributed by atoms with E-state index < -0.39 is 6.04 Å². The standard InChI is InChI=1S/C25H33ClN2O3/c1-5-7-14-27-25(30)22(6-2)28(16-20-10-12-21(26)13-11-20)24(29)17-31-23-15-18(3)8-9-19(23)4/h8-13,15,22H,5-7,14,16-17H2,1-4H3,(H,27,30)/t22-/m1/s1. The summed E-state index contributed by atoms with van der Waals surface area (Å²) in [6, 6.07) is 12.6. The first kappa shape index (κ1) is 24.7. The second kappa shape index (κ2) is 12.4. The number of nitrogens with one attached hydrogen (secondary N) is 1. The summed E-state index contributed by atoms with van der Waals surface area (Å²) in [4.78, 5) is 27.7. The summed E-state index contributed by atoms with van der Waals surface area (Å²) in [5.41, 5.74) is 2.93. The molecule has 0 radical (unpaired) electrons. The first-order valence-corrected chi connectivity index (χ1v) is 11.2. The number of carbonyl (C=O) groups is 2. The number of unbranched alkanes of at least 4 members (excludes halogenated alkanes) is 1. The van der Waals surface area contributed by atoms with Gasteiger partial charge in [0.25, 0.3) is 5.91 Å². The molecule has 0 aromatic heterocycles. The van der Waals surface area contributed by atoms with Crippen LogP contribution in [0.1, 0.15) is 49.8 Å². The molecule has 2 aromatic rings. The summed E-state index contributed by atoms with van der Waals surface area (Å²) in [5, 5.41) is 3.59. The van der Waals surface area contributed by atoms with Crippen LogP contribution in [0.25, 0.3) is 0 Å². The Morgan fingerprint density at radius 1 is 1.10 bits per heavy atom. The van der Waals surface area contributed by atoms with Crippen molar-refractivity contribution in [2.24, 2.45) is 0 Å². The van der Waals surface area contributed by atoms with E-state index in [1.54, 1.807) is 17.0 Å². The Bertz CT molecular complexity index is 868. The van der Waals surface area contributed by atoms with E-state index in [0.29, 0.717) is 30.3 Å². The zero-order valence-corrected chi connectivity index (χ0v) is 19.7. The van der Waals surface area contributed by atoms with Crippen LogP contribution in [0.5, 0.6) is 5.75 Å². The van der Waals surface area contributed by atoms with E-state index in [1.807, 2.05) is 51.1 Å². The van der Waals surface area contributed by atoms with Crippen LogP contribution < -0.4 is 10.1 Å². The summed E-state index contributed by atoms with van der Waals surface area (Å²) in [5.74, 6) is 0.318. The number of nitrogens with zero attached hydrogens (tertiary/aromatic N) is 1. The van der Waals surface area contributed by atoms with Gasteiger partial charge in [0.1, 0.15) is 11.8 Å². The van der Waals surface area contributed by atoms with E-state index in [4.69, 9.17) is 16.3 Å². The van der Waals surface area contributed by atoms with Gasteiger partial charge in [0, 0.05) is 18.1 Å². The molecule has 0 saturated carbocycles. The molecule has 0 spiro atoms. The number of carbonyl (C=O) groups excluding carboxylic acids is 2. The number of rotatable bonds is 11. The Morgan fingerprint density at radius 2 is 1.81 bits per heavy atom. The van der Waals surface area contributed by atoms with Gasteiger partial charge in [0.15, 0.2) is 6.61 Å². The molecule has 0 saturated heterocycles. The Balaban J connectivity index is 2.19. The molecule has 2 amide bonds. The number of amides is 2. The summed E-state index contributed by atoms with van der Waals surface area (Å²) < 4.78 is 5.85. The van der Waals surface area contributed by atoms with Gasteiger partial charge in [-0.15, -0.1) is 0 Å². The number of halogens is 1. The van der Waals surface area contributed by atoms with Gasteiger partial charge in [-0.1, -0.05) is 56.1 Å². The van der Waals surface area contributed by atoms with Gasteiger partial charge in [0.05, 0.1) is 0 Å². The second-order valence-corrected chi connectivity index (χ2v) is 8.21. The van der Waals surface area contributed by atoms with E-state index >= 15 is 0 Å². The van der Waals surface area contributed by atoms with Crippen molar-refractivity contribution in [3.05, 3.63) is 64.2 Å². The Labute approximate surface area is 190 Å². The molecule has 0 bridgehead atoms. The van der Waals surface area contributed by atoms with Gasteiger partial charge in [-0.2, -0.15) is 0 Å². The lowest BCUT2D eigenvalue weighted by molar-refractivity contribution is -0.143. The first-order chi connectivity index (χ1) is 14.8. The van der Waals surface area contributed by atoms with E-state index in [0.717, 1.165) is 29.5 Å². The van der Waals surface area contributed by atoms with Crippen LogP contribution in [0, 0.1) is 13.8 Å². The van der Waals surface area contributed by atoms with Crippen molar-refractivity contribution in [2.45, 2.75) is 59.5 Å². The highest BCUT2D eigenvalue weighted by Crippen LogP contribution is 2.20. The number of aryl methyl sites for hydroxylation is 2. The fourth-order valence-electron chi connectivity index (χ4n) is 3.30. The maximum Gasteiger partial charge on any atom is 0.261 e. The summed E-state index contributed by atoms with van der Waals surface area (Å²) in [7, 11) is 0. The lowest BCUT2D eigenvalue weighted by Crippen LogP contribution is -2.50. The quantitative estimate of drug-likeness (QED) is 0.493.